The highest BCUT2D eigenvalue weighted by molar-refractivity contribution is 6.09. The van der Waals surface area contributed by atoms with Gasteiger partial charge in [-0.25, -0.2) is 0 Å². The third-order valence-corrected chi connectivity index (χ3v) is 11.3. The molecule has 4 spiro atoms. The Bertz CT molecular complexity index is 1310. The number of rotatable bonds is 0. The molecule has 1 aromatic rings. The second kappa shape index (κ2) is 5.78. The molecule has 190 valence electrons. The Morgan fingerprint density at radius 3 is 2.67 bits per heavy atom. The van der Waals surface area contributed by atoms with Crippen molar-refractivity contribution >= 4 is 17.5 Å². The molecule has 0 radical (unpaired) electrons. The van der Waals surface area contributed by atoms with Gasteiger partial charge < -0.3 is 24.4 Å². The number of piperidine rings is 2. The zero-order chi connectivity index (χ0) is 25.1. The molecule has 36 heavy (non-hydrogen) atoms. The number of carbonyl (C=O) groups excluding carboxylic acids is 2. The first-order valence-electron chi connectivity index (χ1n) is 13.1. The summed E-state index contributed by atoms with van der Waals surface area (Å²) in [5, 5.41) is 3.22. The summed E-state index contributed by atoms with van der Waals surface area (Å²) in [4.78, 5) is 32.7. The molecule has 7 heterocycles. The van der Waals surface area contributed by atoms with Crippen LogP contribution in [0.15, 0.2) is 24.5 Å². The van der Waals surface area contributed by atoms with E-state index in [1.54, 1.807) is 6.26 Å². The van der Waals surface area contributed by atoms with Gasteiger partial charge in [0.2, 0.25) is 11.8 Å². The second-order valence-corrected chi connectivity index (χ2v) is 13.2. The number of carbonyl (C=O) groups is 2. The van der Waals surface area contributed by atoms with Crippen LogP contribution in [0.1, 0.15) is 52.5 Å². The maximum atomic E-state index is 14.2. The van der Waals surface area contributed by atoms with Crippen molar-refractivity contribution < 1.29 is 23.8 Å². The predicted molar refractivity (Wildman–Crippen MR) is 131 cm³/mol. The molecule has 2 amide bonds. The zero-order valence-electron chi connectivity index (χ0n) is 21.6. The number of ether oxygens (including phenoxy) is 3. The smallest absolute Gasteiger partial charge is 0.246 e. The Kier molecular flexibility index (Phi) is 3.45. The molecule has 1 saturated carbocycles. The first-order valence-corrected chi connectivity index (χ1v) is 13.1. The Hall–Kier alpha value is -2.58. The average Bonchev–Trinajstić information content (AvgIpc) is 3.45. The van der Waals surface area contributed by atoms with Crippen LogP contribution in [0.4, 0.5) is 5.69 Å². The van der Waals surface area contributed by atoms with Gasteiger partial charge in [0.25, 0.3) is 0 Å². The fourth-order valence-corrected chi connectivity index (χ4v) is 9.35. The topological polar surface area (TPSA) is 83.6 Å². The van der Waals surface area contributed by atoms with Crippen LogP contribution in [0, 0.1) is 11.3 Å². The van der Waals surface area contributed by atoms with E-state index >= 15 is 0 Å². The molecule has 8 nitrogen and oxygen atoms in total. The molecule has 8 heteroatoms. The van der Waals surface area contributed by atoms with Gasteiger partial charge in [0.05, 0.1) is 29.5 Å². The van der Waals surface area contributed by atoms with E-state index < -0.39 is 27.5 Å². The summed E-state index contributed by atoms with van der Waals surface area (Å²) in [6, 6.07) is 3.99. The minimum Gasteiger partial charge on any atom is -0.480 e. The summed E-state index contributed by atoms with van der Waals surface area (Å²) < 4.78 is 18.3. The standard InChI is InChI=1S/C28H33N3O5/c1-23(2)9-11-34-20-17(36-23)7-6-16-19(20)29-21(32)27(16)13-25-14-31-10-8-26(15-35-26)28(31,22(33)30(25)5)12-18(25)24(27,3)4/h6-7,9,11,18H,8,10,12-15H2,1-5H3,(H,29,32)/t18-,25+,26-,27+,28-/m0/s1. The van der Waals surface area contributed by atoms with Gasteiger partial charge in [-0.05, 0) is 62.1 Å². The minimum atomic E-state index is -0.783. The number of hydrogen-bond acceptors (Lipinski definition) is 6. The number of amides is 2. The van der Waals surface area contributed by atoms with E-state index in [1.807, 2.05) is 44.0 Å². The minimum absolute atomic E-state index is 0.00453. The summed E-state index contributed by atoms with van der Waals surface area (Å²) >= 11 is 0. The highest BCUT2D eigenvalue weighted by Gasteiger charge is 2.85. The number of likely N-dealkylation sites (N-methyl/N-ethyl adjacent to an activating group) is 1. The van der Waals surface area contributed by atoms with Crippen LogP contribution in [0.2, 0.25) is 0 Å². The molecule has 1 aromatic carbocycles. The van der Waals surface area contributed by atoms with Gasteiger partial charge in [0, 0.05) is 20.1 Å². The normalized spacial score (nSPS) is 44.0. The van der Waals surface area contributed by atoms with Crippen molar-refractivity contribution in [1.29, 1.82) is 0 Å². The highest BCUT2D eigenvalue weighted by atomic mass is 16.6. The van der Waals surface area contributed by atoms with Crippen LogP contribution in [0.5, 0.6) is 11.5 Å². The fourth-order valence-electron chi connectivity index (χ4n) is 9.35. The van der Waals surface area contributed by atoms with Crippen molar-refractivity contribution in [2.45, 2.75) is 74.7 Å². The number of fused-ring (bicyclic) bond motifs is 5. The largest absolute Gasteiger partial charge is 0.480 e. The third kappa shape index (κ3) is 1.97. The fraction of sp³-hybridized carbons (Fsp3) is 0.643. The maximum Gasteiger partial charge on any atom is 0.246 e. The molecule has 7 aliphatic heterocycles. The molecule has 0 aromatic heterocycles. The van der Waals surface area contributed by atoms with Gasteiger partial charge in [-0.3, -0.25) is 14.5 Å². The summed E-state index contributed by atoms with van der Waals surface area (Å²) in [5.74, 6) is 1.51. The molecule has 8 aliphatic rings. The van der Waals surface area contributed by atoms with Gasteiger partial charge in [0.15, 0.2) is 11.5 Å². The number of nitrogens with one attached hydrogen (secondary N) is 1. The van der Waals surface area contributed by atoms with Gasteiger partial charge in [-0.15, -0.1) is 0 Å². The Morgan fingerprint density at radius 1 is 1.14 bits per heavy atom. The number of nitrogens with zero attached hydrogens (tertiary/aromatic N) is 2. The Labute approximate surface area is 210 Å². The van der Waals surface area contributed by atoms with Gasteiger partial charge >= 0.3 is 0 Å². The van der Waals surface area contributed by atoms with E-state index in [-0.39, 0.29) is 23.3 Å². The molecule has 5 saturated heterocycles. The van der Waals surface area contributed by atoms with Crippen LogP contribution in [-0.4, -0.2) is 70.6 Å². The molecule has 2 bridgehead atoms. The molecule has 1 N–H and O–H groups in total. The molecule has 9 rings (SSSR count). The van der Waals surface area contributed by atoms with Crippen LogP contribution in [0.25, 0.3) is 0 Å². The predicted octanol–water partition coefficient (Wildman–Crippen LogP) is 2.81. The molecule has 5 atom stereocenters. The average molecular weight is 492 g/mol. The maximum absolute atomic E-state index is 14.2. The molecule has 0 unspecified atom stereocenters. The van der Waals surface area contributed by atoms with Gasteiger partial charge in [-0.2, -0.15) is 0 Å². The van der Waals surface area contributed by atoms with Crippen LogP contribution >= 0.6 is 0 Å². The number of piperazine rings is 1. The quantitative estimate of drug-likeness (QED) is 0.562. The van der Waals surface area contributed by atoms with Crippen LogP contribution in [0.3, 0.4) is 0 Å². The van der Waals surface area contributed by atoms with Crippen molar-refractivity contribution in [3.63, 3.8) is 0 Å². The highest BCUT2D eigenvalue weighted by Crippen LogP contribution is 2.74. The summed E-state index contributed by atoms with van der Waals surface area (Å²) in [5.41, 5.74) is -1.41. The van der Waals surface area contributed by atoms with Gasteiger partial charge in [0.1, 0.15) is 16.7 Å². The van der Waals surface area contributed by atoms with Crippen LogP contribution in [-0.2, 0) is 19.7 Å². The molecular weight excluding hydrogens is 458 g/mol. The SMILES string of the molecule is CN1C(=O)[C@]23C[C@H]4C(C)(C)[C@@]5(C[C@@]41CN2CC[C@]31CO1)C(=O)Nc1c5ccc2c1OC=CC(C)(C)O2. The Balaban J connectivity index is 1.31. The number of benzene rings is 1. The van der Waals surface area contributed by atoms with E-state index in [1.165, 1.54) is 0 Å². The zero-order valence-corrected chi connectivity index (χ0v) is 21.6. The van der Waals surface area contributed by atoms with E-state index in [2.05, 4.69) is 24.1 Å². The first-order chi connectivity index (χ1) is 16.9. The summed E-state index contributed by atoms with van der Waals surface area (Å²) in [7, 11) is 1.96. The van der Waals surface area contributed by atoms with E-state index in [4.69, 9.17) is 14.2 Å². The van der Waals surface area contributed by atoms with Crippen molar-refractivity contribution in [3.05, 3.63) is 30.0 Å². The third-order valence-electron chi connectivity index (χ3n) is 11.3. The van der Waals surface area contributed by atoms with Crippen LogP contribution < -0.4 is 14.8 Å². The van der Waals surface area contributed by atoms with E-state index in [0.29, 0.717) is 30.2 Å². The van der Waals surface area contributed by atoms with Gasteiger partial charge in [-0.1, -0.05) is 19.9 Å². The van der Waals surface area contributed by atoms with Crippen molar-refractivity contribution in [2.24, 2.45) is 11.3 Å². The summed E-state index contributed by atoms with van der Waals surface area (Å²) in [6.07, 6.45) is 5.78. The lowest BCUT2D eigenvalue weighted by Crippen LogP contribution is -2.81. The molecule has 6 fully saturated rings. The lowest BCUT2D eigenvalue weighted by atomic mass is 9.56. The van der Waals surface area contributed by atoms with Crippen molar-refractivity contribution in [1.82, 2.24) is 9.80 Å². The molecule has 1 aliphatic carbocycles. The Morgan fingerprint density at radius 2 is 1.92 bits per heavy atom. The summed E-state index contributed by atoms with van der Waals surface area (Å²) in [6.45, 7) is 10.8. The van der Waals surface area contributed by atoms with Crippen molar-refractivity contribution in [3.8, 4) is 11.5 Å². The van der Waals surface area contributed by atoms with Crippen molar-refractivity contribution in [2.75, 3.05) is 32.1 Å². The monoisotopic (exact) mass is 491 g/mol. The number of epoxide rings is 1. The molecular formula is C28H33N3O5. The van der Waals surface area contributed by atoms with E-state index in [0.717, 1.165) is 31.5 Å². The number of hydrogen-bond donors (Lipinski definition) is 1. The number of anilines is 1. The second-order valence-electron chi connectivity index (χ2n) is 13.2. The van der Waals surface area contributed by atoms with E-state index in [9.17, 15) is 9.59 Å². The lowest BCUT2D eigenvalue weighted by molar-refractivity contribution is -0.191. The lowest BCUT2D eigenvalue weighted by Gasteiger charge is -2.64. The first kappa shape index (κ1) is 21.5.